The number of ether oxygens (including phenoxy) is 1. The van der Waals surface area contributed by atoms with E-state index in [0.717, 1.165) is 10.7 Å². The Morgan fingerprint density at radius 1 is 1.77 bits per heavy atom. The molecule has 13 heavy (non-hydrogen) atoms. The van der Waals surface area contributed by atoms with Gasteiger partial charge in [-0.2, -0.15) is 0 Å². The first-order valence-corrected chi connectivity index (χ1v) is 5.07. The third-order valence-corrected chi connectivity index (χ3v) is 1.97. The minimum absolute atomic E-state index is 0.491. The lowest BCUT2D eigenvalue weighted by atomic mass is 10.6. The number of hydrazone groups is 1. The molecule has 0 spiro atoms. The summed E-state index contributed by atoms with van der Waals surface area (Å²) in [5, 5.41) is 6.64. The van der Waals surface area contributed by atoms with Crippen LogP contribution in [0.1, 0.15) is 6.92 Å². The lowest BCUT2D eigenvalue weighted by Gasteiger charge is -2.00. The van der Waals surface area contributed by atoms with Crippen LogP contribution in [0, 0.1) is 0 Å². The molecule has 0 unspecified atom stereocenters. The monoisotopic (exact) mass is 199 g/mol. The van der Waals surface area contributed by atoms with Gasteiger partial charge in [-0.15, -0.1) is 16.9 Å². The van der Waals surface area contributed by atoms with E-state index in [1.165, 1.54) is 11.8 Å². The number of hydrogen-bond acceptors (Lipinski definition) is 5. The van der Waals surface area contributed by atoms with Crippen LogP contribution in [0.2, 0.25) is 0 Å². The fraction of sp³-hybridized carbons (Fsp3) is 0.500. The fourth-order valence-corrected chi connectivity index (χ4v) is 1.35. The largest absolute Gasteiger partial charge is 0.452 e. The van der Waals surface area contributed by atoms with Crippen molar-refractivity contribution in [1.29, 1.82) is 0 Å². The molecule has 0 bridgehead atoms. The van der Waals surface area contributed by atoms with E-state index in [9.17, 15) is 0 Å². The quantitative estimate of drug-likeness (QED) is 0.500. The molecule has 4 nitrogen and oxygen atoms in total. The summed E-state index contributed by atoms with van der Waals surface area (Å²) in [4.78, 5) is 4.21. The van der Waals surface area contributed by atoms with Crippen molar-refractivity contribution in [3.05, 3.63) is 12.3 Å². The summed E-state index contributed by atoms with van der Waals surface area (Å²) in [6, 6.07) is 0. The first-order valence-electron chi connectivity index (χ1n) is 3.84. The van der Waals surface area contributed by atoms with E-state index in [1.807, 2.05) is 20.2 Å². The lowest BCUT2D eigenvalue weighted by molar-refractivity contribution is 0.200. The van der Waals surface area contributed by atoms with Crippen molar-refractivity contribution in [2.75, 3.05) is 20.0 Å². The van der Waals surface area contributed by atoms with E-state index in [-0.39, 0.29) is 0 Å². The Hall–Kier alpha value is -0.970. The molecule has 1 rings (SSSR count). The van der Waals surface area contributed by atoms with Crippen LogP contribution in [0.3, 0.4) is 0 Å². The van der Waals surface area contributed by atoms with Crippen LogP contribution in [-0.2, 0) is 4.74 Å². The molecule has 0 saturated heterocycles. The smallest absolute Gasteiger partial charge is 0.265 e. The number of hydrogen-bond donors (Lipinski definition) is 0. The molecule has 0 N–H and O–H groups in total. The molecule has 0 aromatic heterocycles. The van der Waals surface area contributed by atoms with Crippen LogP contribution in [0.5, 0.6) is 0 Å². The maximum Gasteiger partial charge on any atom is 0.265 e. The van der Waals surface area contributed by atoms with Gasteiger partial charge in [0.25, 0.3) is 5.90 Å². The van der Waals surface area contributed by atoms with Gasteiger partial charge in [-0.05, 0) is 13.2 Å². The molecule has 72 valence electrons. The second kappa shape index (κ2) is 4.32. The molecular formula is C8H13N3OS. The minimum atomic E-state index is 0.491. The Morgan fingerprint density at radius 3 is 2.85 bits per heavy atom. The van der Waals surface area contributed by atoms with Gasteiger partial charge < -0.3 is 4.74 Å². The fourth-order valence-electron chi connectivity index (χ4n) is 0.826. The SMILES string of the molecule is C=C(C)/N=C(\SC)C1=NN(C)CO1. The summed E-state index contributed by atoms with van der Waals surface area (Å²) in [6.45, 7) is 6.04. The first kappa shape index (κ1) is 10.1. The van der Waals surface area contributed by atoms with Gasteiger partial charge in [-0.1, -0.05) is 6.58 Å². The molecule has 0 aromatic carbocycles. The van der Waals surface area contributed by atoms with Crippen molar-refractivity contribution in [3.63, 3.8) is 0 Å². The minimum Gasteiger partial charge on any atom is -0.452 e. The lowest BCUT2D eigenvalue weighted by Crippen LogP contribution is -2.10. The normalized spacial score (nSPS) is 17.0. The van der Waals surface area contributed by atoms with Crippen LogP contribution < -0.4 is 0 Å². The van der Waals surface area contributed by atoms with Crippen LogP contribution in [0.25, 0.3) is 0 Å². The molecule has 1 aliphatic heterocycles. The highest BCUT2D eigenvalue weighted by Gasteiger charge is 2.17. The van der Waals surface area contributed by atoms with Crippen molar-refractivity contribution in [2.45, 2.75) is 6.92 Å². The average molecular weight is 199 g/mol. The van der Waals surface area contributed by atoms with Crippen molar-refractivity contribution in [3.8, 4) is 0 Å². The molecule has 0 aliphatic carbocycles. The topological polar surface area (TPSA) is 37.2 Å². The zero-order valence-electron chi connectivity index (χ0n) is 8.07. The average Bonchev–Trinajstić information content (AvgIpc) is 2.47. The number of allylic oxidation sites excluding steroid dienone is 1. The van der Waals surface area contributed by atoms with Crippen molar-refractivity contribution >= 4 is 22.7 Å². The molecule has 0 aromatic rings. The van der Waals surface area contributed by atoms with Crippen LogP contribution in [-0.4, -0.2) is 36.0 Å². The zero-order chi connectivity index (χ0) is 9.84. The first-order chi connectivity index (χ1) is 6.13. The number of nitrogens with zero attached hydrogens (tertiary/aromatic N) is 3. The van der Waals surface area contributed by atoms with Gasteiger partial charge in [0.1, 0.15) is 0 Å². The predicted molar refractivity (Wildman–Crippen MR) is 56.9 cm³/mol. The molecular weight excluding hydrogens is 186 g/mol. The Morgan fingerprint density at radius 2 is 2.46 bits per heavy atom. The Bertz CT molecular complexity index is 273. The third kappa shape index (κ3) is 2.77. The second-order valence-corrected chi connectivity index (χ2v) is 3.49. The summed E-state index contributed by atoms with van der Waals surface area (Å²) < 4.78 is 5.30. The van der Waals surface area contributed by atoms with Gasteiger partial charge in [-0.25, -0.2) is 4.99 Å². The van der Waals surface area contributed by atoms with Gasteiger partial charge in [0.05, 0.1) is 0 Å². The van der Waals surface area contributed by atoms with Gasteiger partial charge in [-0.3, -0.25) is 5.01 Å². The van der Waals surface area contributed by atoms with Gasteiger partial charge >= 0.3 is 0 Å². The second-order valence-electron chi connectivity index (χ2n) is 2.69. The summed E-state index contributed by atoms with van der Waals surface area (Å²) in [5.74, 6) is 0.581. The van der Waals surface area contributed by atoms with E-state index >= 15 is 0 Å². The van der Waals surface area contributed by atoms with Crippen LogP contribution in [0.15, 0.2) is 22.4 Å². The standard InChI is InChI=1S/C8H13N3OS/c1-6(2)9-8(13-4)7-10-11(3)5-12-7/h1,5H2,2-4H3/b9-8-. The van der Waals surface area contributed by atoms with E-state index in [2.05, 4.69) is 16.7 Å². The zero-order valence-corrected chi connectivity index (χ0v) is 8.89. The van der Waals surface area contributed by atoms with Crippen molar-refractivity contribution in [1.82, 2.24) is 5.01 Å². The summed E-state index contributed by atoms with van der Waals surface area (Å²) in [6.07, 6.45) is 1.94. The van der Waals surface area contributed by atoms with Crippen molar-refractivity contribution < 1.29 is 4.74 Å². The van der Waals surface area contributed by atoms with Gasteiger partial charge in [0.2, 0.25) is 0 Å². The number of aliphatic imine (C=N–C) groups is 1. The molecule has 0 saturated carbocycles. The van der Waals surface area contributed by atoms with E-state index in [0.29, 0.717) is 12.6 Å². The predicted octanol–water partition coefficient (Wildman–Crippen LogP) is 1.51. The summed E-state index contributed by atoms with van der Waals surface area (Å²) >= 11 is 1.50. The summed E-state index contributed by atoms with van der Waals surface area (Å²) in [5.41, 5.74) is 0.755. The van der Waals surface area contributed by atoms with E-state index in [4.69, 9.17) is 4.74 Å². The van der Waals surface area contributed by atoms with Crippen molar-refractivity contribution in [2.24, 2.45) is 10.1 Å². The highest BCUT2D eigenvalue weighted by Crippen LogP contribution is 2.10. The Balaban J connectivity index is 2.78. The molecule has 0 fully saturated rings. The van der Waals surface area contributed by atoms with E-state index in [1.54, 1.807) is 5.01 Å². The summed E-state index contributed by atoms with van der Waals surface area (Å²) in [7, 11) is 1.85. The highest BCUT2D eigenvalue weighted by atomic mass is 32.2. The van der Waals surface area contributed by atoms with Crippen LogP contribution in [0.4, 0.5) is 0 Å². The van der Waals surface area contributed by atoms with E-state index < -0.39 is 0 Å². The number of rotatable bonds is 2. The third-order valence-electron chi connectivity index (χ3n) is 1.32. The molecule has 1 aliphatic rings. The molecule has 0 radical (unpaired) electrons. The van der Waals surface area contributed by atoms with Crippen LogP contribution >= 0.6 is 11.8 Å². The maximum absolute atomic E-state index is 5.30. The molecule has 0 atom stereocenters. The Kier molecular flexibility index (Phi) is 3.36. The number of thioether (sulfide) groups is 1. The maximum atomic E-state index is 5.30. The van der Waals surface area contributed by atoms with Gasteiger partial charge in [0, 0.05) is 12.7 Å². The highest BCUT2D eigenvalue weighted by molar-refractivity contribution is 8.15. The molecule has 1 heterocycles. The Labute approximate surface area is 82.4 Å². The molecule has 0 amide bonds. The molecule has 5 heteroatoms. The van der Waals surface area contributed by atoms with Gasteiger partial charge in [0.15, 0.2) is 11.8 Å².